The van der Waals surface area contributed by atoms with E-state index in [9.17, 15) is 9.90 Å². The molecule has 5 rings (SSSR count). The molecule has 1 saturated heterocycles. The molecule has 2 atom stereocenters. The molecule has 0 spiro atoms. The van der Waals surface area contributed by atoms with Gasteiger partial charge in [-0.2, -0.15) is 0 Å². The van der Waals surface area contributed by atoms with E-state index in [0.29, 0.717) is 24.8 Å². The van der Waals surface area contributed by atoms with Crippen LogP contribution in [0.25, 0.3) is 10.9 Å². The summed E-state index contributed by atoms with van der Waals surface area (Å²) in [6, 6.07) is 10.5. The first-order valence-electron chi connectivity index (χ1n) is 11.2. The first-order chi connectivity index (χ1) is 15.1. The number of nitrogens with zero attached hydrogens (tertiary/aromatic N) is 3. The van der Waals surface area contributed by atoms with Gasteiger partial charge in [0.05, 0.1) is 19.3 Å². The Morgan fingerprint density at radius 2 is 2.16 bits per heavy atom. The predicted octanol–water partition coefficient (Wildman–Crippen LogP) is 3.95. The summed E-state index contributed by atoms with van der Waals surface area (Å²) < 4.78 is 7.36. The standard InChI is InChI=1S/C25H29N3O3/c1-3-31-25(30)19-14-17(8-10-26-19)23(29)15-28-20-7-6-16(2)13-18(20)24-21-5-4-11-27(21)12-9-22(24)28/h6-8,10,13-14,21,23,29H,3-5,9,11-12,15H2,1-2H3. The maximum atomic E-state index is 12.1. The van der Waals surface area contributed by atoms with Crippen LogP contribution in [0.5, 0.6) is 0 Å². The van der Waals surface area contributed by atoms with E-state index in [1.165, 1.54) is 47.1 Å². The number of aromatic nitrogens is 2. The molecule has 1 N–H and O–H groups in total. The molecule has 0 amide bonds. The Kier molecular flexibility index (Phi) is 5.28. The molecule has 4 heterocycles. The second-order valence-corrected chi connectivity index (χ2v) is 8.65. The van der Waals surface area contributed by atoms with Gasteiger partial charge in [0.15, 0.2) is 0 Å². The summed E-state index contributed by atoms with van der Waals surface area (Å²) in [6.45, 7) is 6.91. The lowest BCUT2D eigenvalue weighted by atomic mass is 9.95. The maximum Gasteiger partial charge on any atom is 0.356 e. The minimum atomic E-state index is -0.737. The average Bonchev–Trinajstić information content (AvgIpc) is 3.36. The predicted molar refractivity (Wildman–Crippen MR) is 119 cm³/mol. The van der Waals surface area contributed by atoms with E-state index in [4.69, 9.17) is 4.74 Å². The van der Waals surface area contributed by atoms with Crippen molar-refractivity contribution < 1.29 is 14.6 Å². The number of carbonyl (C=O) groups is 1. The van der Waals surface area contributed by atoms with Gasteiger partial charge in [-0.3, -0.25) is 4.90 Å². The Morgan fingerprint density at radius 1 is 1.29 bits per heavy atom. The number of pyridine rings is 1. The summed E-state index contributed by atoms with van der Waals surface area (Å²) in [4.78, 5) is 18.8. The van der Waals surface area contributed by atoms with Crippen LogP contribution in [-0.2, 0) is 17.7 Å². The van der Waals surface area contributed by atoms with E-state index >= 15 is 0 Å². The normalized spacial score (nSPS) is 19.3. The number of carbonyl (C=O) groups excluding carboxylic acids is 1. The fourth-order valence-corrected chi connectivity index (χ4v) is 5.32. The number of aliphatic hydroxyl groups is 1. The van der Waals surface area contributed by atoms with Crippen LogP contribution >= 0.6 is 0 Å². The van der Waals surface area contributed by atoms with Crippen LogP contribution in [0.15, 0.2) is 36.5 Å². The molecule has 1 fully saturated rings. The van der Waals surface area contributed by atoms with Crippen molar-refractivity contribution in [3.05, 3.63) is 64.6 Å². The molecule has 0 saturated carbocycles. The van der Waals surface area contributed by atoms with Gasteiger partial charge in [0.25, 0.3) is 0 Å². The van der Waals surface area contributed by atoms with Crippen molar-refractivity contribution >= 4 is 16.9 Å². The SMILES string of the molecule is CCOC(=O)c1cc(C(O)Cn2c3c(c4cc(C)ccc42)C2CCCN2CC3)ccn1. The van der Waals surface area contributed by atoms with Crippen molar-refractivity contribution in [3.8, 4) is 0 Å². The molecule has 0 bridgehead atoms. The maximum absolute atomic E-state index is 12.1. The fraction of sp³-hybridized carbons (Fsp3) is 0.440. The second kappa shape index (κ2) is 8.09. The minimum absolute atomic E-state index is 0.231. The number of fused-ring (bicyclic) bond motifs is 5. The van der Waals surface area contributed by atoms with E-state index in [2.05, 4.69) is 39.6 Å². The number of aliphatic hydroxyl groups excluding tert-OH is 1. The fourth-order valence-electron chi connectivity index (χ4n) is 5.32. The number of esters is 1. The van der Waals surface area contributed by atoms with Gasteiger partial charge in [0.1, 0.15) is 5.69 Å². The van der Waals surface area contributed by atoms with Crippen LogP contribution in [0.2, 0.25) is 0 Å². The lowest BCUT2D eigenvalue weighted by molar-refractivity contribution is 0.0519. The Labute approximate surface area is 182 Å². The third kappa shape index (κ3) is 3.54. The molecular weight excluding hydrogens is 390 g/mol. The highest BCUT2D eigenvalue weighted by Crippen LogP contribution is 2.43. The Morgan fingerprint density at radius 3 is 3.00 bits per heavy atom. The first kappa shape index (κ1) is 20.2. The first-order valence-corrected chi connectivity index (χ1v) is 11.2. The van der Waals surface area contributed by atoms with Gasteiger partial charge in [0.2, 0.25) is 0 Å². The molecule has 0 radical (unpaired) electrons. The van der Waals surface area contributed by atoms with Crippen molar-refractivity contribution in [2.24, 2.45) is 0 Å². The molecule has 2 aromatic heterocycles. The zero-order valence-electron chi connectivity index (χ0n) is 18.2. The average molecular weight is 420 g/mol. The molecule has 6 heteroatoms. The third-order valence-corrected chi connectivity index (χ3v) is 6.71. The zero-order chi connectivity index (χ0) is 21.5. The second-order valence-electron chi connectivity index (χ2n) is 8.65. The highest BCUT2D eigenvalue weighted by molar-refractivity contribution is 5.88. The van der Waals surface area contributed by atoms with Gasteiger partial charge in [-0.25, -0.2) is 9.78 Å². The van der Waals surface area contributed by atoms with Crippen molar-refractivity contribution in [1.82, 2.24) is 14.5 Å². The van der Waals surface area contributed by atoms with E-state index in [1.807, 2.05) is 0 Å². The van der Waals surface area contributed by atoms with Crippen LogP contribution in [0.1, 0.15) is 64.8 Å². The Bertz CT molecular complexity index is 1140. The molecular formula is C25H29N3O3. The molecule has 2 unspecified atom stereocenters. The topological polar surface area (TPSA) is 67.6 Å². The van der Waals surface area contributed by atoms with Crippen molar-refractivity contribution in [3.63, 3.8) is 0 Å². The third-order valence-electron chi connectivity index (χ3n) is 6.71. The van der Waals surface area contributed by atoms with Gasteiger partial charge >= 0.3 is 5.97 Å². The number of ether oxygens (including phenoxy) is 1. The molecule has 0 aliphatic carbocycles. The van der Waals surface area contributed by atoms with Crippen molar-refractivity contribution in [2.45, 2.75) is 51.8 Å². The summed E-state index contributed by atoms with van der Waals surface area (Å²) in [6.07, 6.45) is 4.28. The smallest absolute Gasteiger partial charge is 0.356 e. The number of aryl methyl sites for hydroxylation is 1. The molecule has 2 aliphatic heterocycles. The molecule has 6 nitrogen and oxygen atoms in total. The zero-order valence-corrected chi connectivity index (χ0v) is 18.2. The molecule has 1 aromatic carbocycles. The Hall–Kier alpha value is -2.70. The number of benzene rings is 1. The van der Waals surface area contributed by atoms with E-state index in [1.54, 1.807) is 25.3 Å². The molecule has 162 valence electrons. The summed E-state index contributed by atoms with van der Waals surface area (Å²) >= 11 is 0. The van der Waals surface area contributed by atoms with Crippen molar-refractivity contribution in [2.75, 3.05) is 19.7 Å². The number of hydrogen-bond acceptors (Lipinski definition) is 5. The summed E-state index contributed by atoms with van der Waals surface area (Å²) in [7, 11) is 0. The highest BCUT2D eigenvalue weighted by Gasteiger charge is 2.35. The van der Waals surface area contributed by atoms with Crippen LogP contribution in [0.4, 0.5) is 0 Å². The monoisotopic (exact) mass is 419 g/mol. The van der Waals surface area contributed by atoms with Crippen LogP contribution in [-0.4, -0.2) is 45.2 Å². The lowest BCUT2D eigenvalue weighted by Crippen LogP contribution is -2.31. The minimum Gasteiger partial charge on any atom is -0.461 e. The van der Waals surface area contributed by atoms with E-state index in [0.717, 1.165) is 13.0 Å². The largest absolute Gasteiger partial charge is 0.461 e. The summed E-state index contributed by atoms with van der Waals surface area (Å²) in [5.41, 5.74) is 6.16. The van der Waals surface area contributed by atoms with E-state index in [-0.39, 0.29) is 5.69 Å². The van der Waals surface area contributed by atoms with E-state index < -0.39 is 12.1 Å². The van der Waals surface area contributed by atoms with Gasteiger partial charge in [-0.1, -0.05) is 11.6 Å². The number of rotatable bonds is 5. The van der Waals surface area contributed by atoms with Gasteiger partial charge in [-0.15, -0.1) is 0 Å². The summed E-state index contributed by atoms with van der Waals surface area (Å²) in [5, 5.41) is 12.4. The Balaban J connectivity index is 1.53. The van der Waals surface area contributed by atoms with Gasteiger partial charge in [0, 0.05) is 41.8 Å². The van der Waals surface area contributed by atoms with Crippen LogP contribution in [0, 0.1) is 6.92 Å². The molecule has 2 aliphatic rings. The number of hydrogen-bond donors (Lipinski definition) is 1. The van der Waals surface area contributed by atoms with Crippen LogP contribution in [0.3, 0.4) is 0 Å². The van der Waals surface area contributed by atoms with Gasteiger partial charge in [-0.05, 0) is 68.6 Å². The highest BCUT2D eigenvalue weighted by atomic mass is 16.5. The lowest BCUT2D eigenvalue weighted by Gasteiger charge is -2.31. The van der Waals surface area contributed by atoms with Gasteiger partial charge < -0.3 is 14.4 Å². The van der Waals surface area contributed by atoms with Crippen molar-refractivity contribution in [1.29, 1.82) is 0 Å². The molecule has 3 aromatic rings. The van der Waals surface area contributed by atoms with Crippen LogP contribution < -0.4 is 0 Å². The summed E-state index contributed by atoms with van der Waals surface area (Å²) in [5.74, 6) is -0.461. The quantitative estimate of drug-likeness (QED) is 0.635. The molecule has 31 heavy (non-hydrogen) atoms.